The number of thiazole rings is 1. The van der Waals surface area contributed by atoms with Gasteiger partial charge in [0.05, 0.1) is 12.1 Å². The average Bonchev–Trinajstić information content (AvgIpc) is 3.18. The van der Waals surface area contributed by atoms with Crippen LogP contribution < -0.4 is 5.32 Å². The van der Waals surface area contributed by atoms with Gasteiger partial charge in [0.15, 0.2) is 10.8 Å². The lowest BCUT2D eigenvalue weighted by Crippen LogP contribution is -2.29. The molecule has 1 aliphatic carbocycles. The minimum atomic E-state index is 0.0475. The highest BCUT2D eigenvalue weighted by Crippen LogP contribution is 2.24. The van der Waals surface area contributed by atoms with E-state index < -0.39 is 0 Å². The zero-order chi connectivity index (χ0) is 13.8. The quantitative estimate of drug-likeness (QED) is 0.879. The molecule has 7 heteroatoms. The Balaban J connectivity index is 1.51. The summed E-state index contributed by atoms with van der Waals surface area (Å²) in [5, 5.41) is 12.2. The van der Waals surface area contributed by atoms with Gasteiger partial charge in [0.25, 0.3) is 0 Å². The zero-order valence-electron chi connectivity index (χ0n) is 11.1. The number of carbonyl (C=O) groups excluding carboxylic acids is 1. The second-order valence-electron chi connectivity index (χ2n) is 5.11. The Bertz CT molecular complexity index is 559. The second-order valence-corrected chi connectivity index (χ2v) is 5.97. The molecular formula is C13H17N5OS. The highest BCUT2D eigenvalue weighted by atomic mass is 32.1. The molecule has 1 amide bonds. The Labute approximate surface area is 121 Å². The molecular weight excluding hydrogens is 274 g/mol. The van der Waals surface area contributed by atoms with Gasteiger partial charge in [-0.3, -0.25) is 9.89 Å². The third-order valence-corrected chi connectivity index (χ3v) is 4.47. The molecule has 0 spiro atoms. The molecule has 2 N–H and O–H groups in total. The normalized spacial score (nSPS) is 15.6. The standard InChI is InChI=1S/C13H17N5OS/c19-11(14-6-9-3-1-2-4-9)5-10-7-20-13(17-10)12-15-8-16-18-12/h7-9H,1-6H2,(H,14,19)(H,15,16,18). The Morgan fingerprint density at radius 1 is 1.45 bits per heavy atom. The van der Waals surface area contributed by atoms with E-state index in [0.29, 0.717) is 18.2 Å². The lowest BCUT2D eigenvalue weighted by molar-refractivity contribution is -0.120. The van der Waals surface area contributed by atoms with Crippen LogP contribution in [0.25, 0.3) is 10.8 Å². The van der Waals surface area contributed by atoms with Crippen molar-refractivity contribution >= 4 is 17.2 Å². The van der Waals surface area contributed by atoms with Crippen molar-refractivity contribution in [2.45, 2.75) is 32.1 Å². The Kier molecular flexibility index (Phi) is 4.05. The second kappa shape index (κ2) is 6.13. The van der Waals surface area contributed by atoms with Crippen LogP contribution in [0.3, 0.4) is 0 Å². The first-order chi connectivity index (χ1) is 9.81. The van der Waals surface area contributed by atoms with Crippen molar-refractivity contribution in [1.82, 2.24) is 25.5 Å². The zero-order valence-corrected chi connectivity index (χ0v) is 11.9. The van der Waals surface area contributed by atoms with Gasteiger partial charge in [-0.15, -0.1) is 11.3 Å². The summed E-state index contributed by atoms with van der Waals surface area (Å²) in [6.45, 7) is 0.804. The minimum Gasteiger partial charge on any atom is -0.355 e. The van der Waals surface area contributed by atoms with Crippen molar-refractivity contribution in [2.24, 2.45) is 5.92 Å². The minimum absolute atomic E-state index is 0.0475. The van der Waals surface area contributed by atoms with Gasteiger partial charge in [-0.1, -0.05) is 12.8 Å². The molecule has 0 aromatic carbocycles. The molecule has 20 heavy (non-hydrogen) atoms. The number of aromatic amines is 1. The first-order valence-corrected chi connectivity index (χ1v) is 7.76. The van der Waals surface area contributed by atoms with Crippen LogP contribution in [0.15, 0.2) is 11.7 Å². The summed E-state index contributed by atoms with van der Waals surface area (Å²) in [6, 6.07) is 0. The van der Waals surface area contributed by atoms with Crippen molar-refractivity contribution in [3.8, 4) is 10.8 Å². The number of nitrogens with zero attached hydrogens (tertiary/aromatic N) is 3. The van der Waals surface area contributed by atoms with Crippen LogP contribution in [0.2, 0.25) is 0 Å². The van der Waals surface area contributed by atoms with E-state index >= 15 is 0 Å². The van der Waals surface area contributed by atoms with E-state index in [1.165, 1.54) is 43.3 Å². The molecule has 0 saturated heterocycles. The molecule has 1 aliphatic rings. The number of nitrogens with one attached hydrogen (secondary N) is 2. The molecule has 0 bridgehead atoms. The van der Waals surface area contributed by atoms with E-state index in [0.717, 1.165) is 17.2 Å². The molecule has 1 fully saturated rings. The highest BCUT2D eigenvalue weighted by Gasteiger charge is 2.16. The van der Waals surface area contributed by atoms with Crippen LogP contribution in [-0.4, -0.2) is 32.6 Å². The third kappa shape index (κ3) is 3.22. The van der Waals surface area contributed by atoms with Gasteiger partial charge in [0.1, 0.15) is 6.33 Å². The van der Waals surface area contributed by atoms with E-state index in [9.17, 15) is 4.79 Å². The van der Waals surface area contributed by atoms with Crippen LogP contribution in [0.5, 0.6) is 0 Å². The predicted octanol–water partition coefficient (Wildman–Crippen LogP) is 1.78. The van der Waals surface area contributed by atoms with Gasteiger partial charge in [0, 0.05) is 11.9 Å². The van der Waals surface area contributed by atoms with Crippen molar-refractivity contribution in [3.05, 3.63) is 17.4 Å². The number of hydrogen-bond donors (Lipinski definition) is 2. The number of rotatable bonds is 5. The van der Waals surface area contributed by atoms with E-state index in [4.69, 9.17) is 0 Å². The number of carbonyl (C=O) groups is 1. The maximum Gasteiger partial charge on any atom is 0.226 e. The fourth-order valence-electron chi connectivity index (χ4n) is 2.51. The lowest BCUT2D eigenvalue weighted by Gasteiger charge is -2.09. The molecule has 0 unspecified atom stereocenters. The molecule has 1 saturated carbocycles. The lowest BCUT2D eigenvalue weighted by atomic mass is 10.1. The van der Waals surface area contributed by atoms with Crippen molar-refractivity contribution in [1.29, 1.82) is 0 Å². The van der Waals surface area contributed by atoms with Gasteiger partial charge >= 0.3 is 0 Å². The summed E-state index contributed by atoms with van der Waals surface area (Å²) in [5.41, 5.74) is 0.783. The maximum atomic E-state index is 11.9. The van der Waals surface area contributed by atoms with E-state index in [2.05, 4.69) is 25.5 Å². The van der Waals surface area contributed by atoms with Gasteiger partial charge in [-0.05, 0) is 18.8 Å². The Hall–Kier alpha value is -1.76. The van der Waals surface area contributed by atoms with Gasteiger partial charge in [0.2, 0.25) is 5.91 Å². The van der Waals surface area contributed by atoms with Crippen molar-refractivity contribution in [3.63, 3.8) is 0 Å². The van der Waals surface area contributed by atoms with Crippen LogP contribution in [-0.2, 0) is 11.2 Å². The summed E-state index contributed by atoms with van der Waals surface area (Å²) < 4.78 is 0. The summed E-state index contributed by atoms with van der Waals surface area (Å²) in [7, 11) is 0. The van der Waals surface area contributed by atoms with Crippen LogP contribution >= 0.6 is 11.3 Å². The summed E-state index contributed by atoms with van der Waals surface area (Å²) in [6.07, 6.45) is 6.86. The molecule has 0 atom stereocenters. The van der Waals surface area contributed by atoms with E-state index in [-0.39, 0.29) is 5.91 Å². The Morgan fingerprint density at radius 3 is 3.05 bits per heavy atom. The molecule has 6 nitrogen and oxygen atoms in total. The monoisotopic (exact) mass is 291 g/mol. The highest BCUT2D eigenvalue weighted by molar-refractivity contribution is 7.13. The molecule has 2 aromatic heterocycles. The van der Waals surface area contributed by atoms with Crippen molar-refractivity contribution in [2.75, 3.05) is 6.54 Å². The molecule has 106 valence electrons. The predicted molar refractivity (Wildman–Crippen MR) is 76.2 cm³/mol. The largest absolute Gasteiger partial charge is 0.355 e. The smallest absolute Gasteiger partial charge is 0.226 e. The topological polar surface area (TPSA) is 83.6 Å². The number of aromatic nitrogens is 4. The van der Waals surface area contributed by atoms with Gasteiger partial charge in [-0.2, -0.15) is 5.10 Å². The molecule has 2 aromatic rings. The molecule has 0 radical (unpaired) electrons. The molecule has 2 heterocycles. The molecule has 0 aliphatic heterocycles. The van der Waals surface area contributed by atoms with Crippen LogP contribution in [0, 0.1) is 5.92 Å². The van der Waals surface area contributed by atoms with E-state index in [1.807, 2.05) is 5.38 Å². The maximum absolute atomic E-state index is 11.9. The fourth-order valence-corrected chi connectivity index (χ4v) is 3.27. The Morgan fingerprint density at radius 2 is 2.30 bits per heavy atom. The summed E-state index contributed by atoms with van der Waals surface area (Å²) in [4.78, 5) is 20.3. The first-order valence-electron chi connectivity index (χ1n) is 6.88. The fraction of sp³-hybridized carbons (Fsp3) is 0.538. The van der Waals surface area contributed by atoms with Gasteiger partial charge < -0.3 is 5.32 Å². The number of H-pyrrole nitrogens is 1. The third-order valence-electron chi connectivity index (χ3n) is 3.57. The number of amides is 1. The summed E-state index contributed by atoms with van der Waals surface area (Å²) >= 11 is 1.47. The van der Waals surface area contributed by atoms with Crippen LogP contribution in [0.4, 0.5) is 0 Å². The summed E-state index contributed by atoms with van der Waals surface area (Å²) in [5.74, 6) is 1.36. The SMILES string of the molecule is O=C(Cc1csc(-c2ncn[nH]2)n1)NCC1CCCC1. The van der Waals surface area contributed by atoms with Gasteiger partial charge in [-0.25, -0.2) is 9.97 Å². The van der Waals surface area contributed by atoms with E-state index in [1.54, 1.807) is 0 Å². The average molecular weight is 291 g/mol. The van der Waals surface area contributed by atoms with Crippen molar-refractivity contribution < 1.29 is 4.79 Å². The molecule has 3 rings (SSSR count). The first kappa shape index (κ1) is 13.2. The number of hydrogen-bond acceptors (Lipinski definition) is 5. The van der Waals surface area contributed by atoms with Crippen LogP contribution in [0.1, 0.15) is 31.4 Å².